The van der Waals surface area contributed by atoms with Gasteiger partial charge in [-0.15, -0.1) is 11.3 Å². The molecule has 7 heteroatoms. The van der Waals surface area contributed by atoms with Gasteiger partial charge in [0.05, 0.1) is 10.3 Å². The predicted molar refractivity (Wildman–Crippen MR) is 85.3 cm³/mol. The molecule has 0 radical (unpaired) electrons. The summed E-state index contributed by atoms with van der Waals surface area (Å²) in [5, 5.41) is 12.1. The largest absolute Gasteiger partial charge is 0.481 e. The third kappa shape index (κ3) is 5.26. The third-order valence-electron chi connectivity index (χ3n) is 3.90. The first kappa shape index (κ1) is 17.2. The van der Waals surface area contributed by atoms with Crippen LogP contribution in [-0.2, 0) is 20.7 Å². The monoisotopic (exact) mass is 345 g/mol. The Hall–Kier alpha value is -1.11. The van der Waals surface area contributed by atoms with Crippen LogP contribution < -0.4 is 5.32 Å². The van der Waals surface area contributed by atoms with Gasteiger partial charge in [-0.25, -0.2) is 0 Å². The van der Waals surface area contributed by atoms with Crippen molar-refractivity contribution in [3.63, 3.8) is 0 Å². The molecule has 122 valence electrons. The molecule has 2 rings (SSSR count). The van der Waals surface area contributed by atoms with Crippen molar-refractivity contribution in [3.8, 4) is 0 Å². The highest BCUT2D eigenvalue weighted by atomic mass is 35.5. The van der Waals surface area contributed by atoms with Gasteiger partial charge in [0.1, 0.15) is 0 Å². The highest BCUT2D eigenvalue weighted by Crippen LogP contribution is 2.24. The molecule has 1 aromatic rings. The Bertz CT molecular complexity index is 513. The second kappa shape index (κ2) is 8.50. The molecule has 1 aromatic heterocycles. The van der Waals surface area contributed by atoms with Gasteiger partial charge in [0.15, 0.2) is 0 Å². The molecule has 5 nitrogen and oxygen atoms in total. The molecule has 1 unspecified atom stereocenters. The summed E-state index contributed by atoms with van der Waals surface area (Å²) in [5.74, 6) is -1.44. The lowest BCUT2D eigenvalue weighted by Gasteiger charge is -2.27. The fourth-order valence-corrected chi connectivity index (χ4v) is 3.70. The van der Waals surface area contributed by atoms with Crippen molar-refractivity contribution in [1.29, 1.82) is 0 Å². The molecule has 2 heterocycles. The Morgan fingerprint density at radius 3 is 2.73 bits per heavy atom. The van der Waals surface area contributed by atoms with E-state index in [1.807, 2.05) is 12.1 Å². The van der Waals surface area contributed by atoms with Gasteiger partial charge in [-0.2, -0.15) is 0 Å². The summed E-state index contributed by atoms with van der Waals surface area (Å²) >= 11 is 7.30. The van der Waals surface area contributed by atoms with Gasteiger partial charge in [0.25, 0.3) is 0 Å². The van der Waals surface area contributed by atoms with E-state index in [4.69, 9.17) is 16.3 Å². The normalized spacial score (nSPS) is 17.1. The smallest absolute Gasteiger partial charge is 0.308 e. The van der Waals surface area contributed by atoms with E-state index in [2.05, 4.69) is 5.32 Å². The van der Waals surface area contributed by atoms with Gasteiger partial charge in [0.2, 0.25) is 5.91 Å². The van der Waals surface area contributed by atoms with E-state index in [9.17, 15) is 14.7 Å². The molecule has 0 aliphatic carbocycles. The second-order valence-corrected chi connectivity index (χ2v) is 7.20. The van der Waals surface area contributed by atoms with Crippen LogP contribution in [-0.4, -0.2) is 36.7 Å². The van der Waals surface area contributed by atoms with Crippen LogP contribution in [0.25, 0.3) is 0 Å². The number of halogens is 1. The molecule has 0 aromatic carbocycles. The van der Waals surface area contributed by atoms with Crippen LogP contribution in [0.15, 0.2) is 12.1 Å². The molecule has 0 spiro atoms. The highest BCUT2D eigenvalue weighted by molar-refractivity contribution is 7.16. The molecule has 1 atom stereocenters. The number of carbonyl (C=O) groups is 2. The fraction of sp³-hybridized carbons (Fsp3) is 0.600. The minimum Gasteiger partial charge on any atom is -0.481 e. The van der Waals surface area contributed by atoms with Gasteiger partial charge in [0, 0.05) is 31.1 Å². The molecule has 1 saturated heterocycles. The van der Waals surface area contributed by atoms with E-state index in [-0.39, 0.29) is 18.4 Å². The maximum atomic E-state index is 11.9. The van der Waals surface area contributed by atoms with Crippen molar-refractivity contribution < 1.29 is 19.4 Å². The van der Waals surface area contributed by atoms with Crippen LogP contribution in [0.4, 0.5) is 0 Å². The van der Waals surface area contributed by atoms with E-state index in [1.165, 1.54) is 11.3 Å². The number of nitrogens with one attached hydrogen (secondary N) is 1. The van der Waals surface area contributed by atoms with Gasteiger partial charge < -0.3 is 15.2 Å². The number of ether oxygens (including phenoxy) is 1. The number of carbonyl (C=O) groups excluding carboxylic acids is 1. The highest BCUT2D eigenvalue weighted by Gasteiger charge is 2.29. The number of carboxylic acid groups (broad SMARTS) is 1. The summed E-state index contributed by atoms with van der Waals surface area (Å²) in [4.78, 5) is 24.3. The molecular weight excluding hydrogens is 326 g/mol. The Balaban J connectivity index is 1.76. The molecule has 22 heavy (non-hydrogen) atoms. The first-order chi connectivity index (χ1) is 10.6. The lowest BCUT2D eigenvalue weighted by molar-refractivity contribution is -0.144. The third-order valence-corrected chi connectivity index (χ3v) is 5.19. The molecule has 2 N–H and O–H groups in total. The first-order valence-corrected chi connectivity index (χ1v) is 8.57. The van der Waals surface area contributed by atoms with Crippen molar-refractivity contribution in [2.75, 3.05) is 19.8 Å². The topological polar surface area (TPSA) is 75.6 Å². The minimum absolute atomic E-state index is 0.0719. The summed E-state index contributed by atoms with van der Waals surface area (Å²) in [7, 11) is 0. The van der Waals surface area contributed by atoms with E-state index in [0.717, 1.165) is 17.7 Å². The van der Waals surface area contributed by atoms with Crippen molar-refractivity contribution in [1.82, 2.24) is 5.32 Å². The van der Waals surface area contributed by atoms with E-state index in [1.54, 1.807) is 0 Å². The number of hydrogen-bond donors (Lipinski definition) is 2. The zero-order valence-electron chi connectivity index (χ0n) is 12.2. The van der Waals surface area contributed by atoms with Crippen LogP contribution in [0.5, 0.6) is 0 Å². The summed E-state index contributed by atoms with van der Waals surface area (Å²) in [6, 6.07) is 3.72. The quantitative estimate of drug-likeness (QED) is 0.796. The Morgan fingerprint density at radius 2 is 2.14 bits per heavy atom. The lowest BCUT2D eigenvalue weighted by atomic mass is 9.86. The van der Waals surface area contributed by atoms with Gasteiger partial charge in [-0.05, 0) is 37.3 Å². The average molecular weight is 346 g/mol. The van der Waals surface area contributed by atoms with Crippen LogP contribution in [0, 0.1) is 11.8 Å². The molecular formula is C15H20ClNO4S. The Morgan fingerprint density at radius 1 is 1.41 bits per heavy atom. The summed E-state index contributed by atoms with van der Waals surface area (Å²) in [5.41, 5.74) is 0. The zero-order chi connectivity index (χ0) is 15.9. The molecule has 1 fully saturated rings. The number of hydrogen-bond acceptors (Lipinski definition) is 4. The van der Waals surface area contributed by atoms with Crippen molar-refractivity contribution in [2.24, 2.45) is 11.8 Å². The fourth-order valence-electron chi connectivity index (χ4n) is 2.61. The standard InChI is InChI=1S/C15H20ClNO4S/c16-13-3-1-11(22-13)2-4-14(18)17-9-12(15(19)20)10-5-7-21-8-6-10/h1,3,10,12H,2,4-9H2,(H,17,18)(H,19,20). The van der Waals surface area contributed by atoms with Crippen LogP contribution in [0.1, 0.15) is 24.1 Å². The van der Waals surface area contributed by atoms with Crippen molar-refractivity contribution >= 4 is 34.8 Å². The zero-order valence-corrected chi connectivity index (χ0v) is 13.8. The summed E-state index contributed by atoms with van der Waals surface area (Å²) in [6.07, 6.45) is 2.44. The second-order valence-electron chi connectivity index (χ2n) is 5.40. The van der Waals surface area contributed by atoms with E-state index in [0.29, 0.717) is 30.4 Å². The predicted octanol–water partition coefficient (Wildman–Crippen LogP) is 2.58. The number of aryl methyl sites for hydroxylation is 1. The number of rotatable bonds is 7. The minimum atomic E-state index is -0.850. The van der Waals surface area contributed by atoms with E-state index < -0.39 is 11.9 Å². The molecule has 0 saturated carbocycles. The van der Waals surface area contributed by atoms with Crippen LogP contribution in [0.3, 0.4) is 0 Å². The van der Waals surface area contributed by atoms with Crippen molar-refractivity contribution in [2.45, 2.75) is 25.7 Å². The molecule has 1 aliphatic rings. The SMILES string of the molecule is O=C(CCc1ccc(Cl)s1)NCC(C(=O)O)C1CCOCC1. The van der Waals surface area contributed by atoms with Crippen molar-refractivity contribution in [3.05, 3.63) is 21.3 Å². The molecule has 1 aliphatic heterocycles. The van der Waals surface area contributed by atoms with Gasteiger partial charge >= 0.3 is 5.97 Å². The number of thiophene rings is 1. The van der Waals surface area contributed by atoms with Crippen LogP contribution in [0.2, 0.25) is 4.34 Å². The van der Waals surface area contributed by atoms with Crippen LogP contribution >= 0.6 is 22.9 Å². The Kier molecular flexibility index (Phi) is 6.67. The Labute approximate surface area is 138 Å². The lowest BCUT2D eigenvalue weighted by Crippen LogP contribution is -2.39. The average Bonchev–Trinajstić information content (AvgIpc) is 2.92. The molecule has 0 bridgehead atoms. The maximum absolute atomic E-state index is 11.9. The number of amides is 1. The molecule has 1 amide bonds. The maximum Gasteiger partial charge on any atom is 0.308 e. The number of carboxylic acids is 1. The van der Waals surface area contributed by atoms with Gasteiger partial charge in [-0.3, -0.25) is 9.59 Å². The summed E-state index contributed by atoms with van der Waals surface area (Å²) in [6.45, 7) is 1.38. The first-order valence-electron chi connectivity index (χ1n) is 7.37. The summed E-state index contributed by atoms with van der Waals surface area (Å²) < 4.78 is 5.96. The van der Waals surface area contributed by atoms with Gasteiger partial charge in [-0.1, -0.05) is 11.6 Å². The number of aliphatic carboxylic acids is 1. The van der Waals surface area contributed by atoms with E-state index >= 15 is 0 Å².